The molecule has 0 spiro atoms. The molecule has 0 bridgehead atoms. The van der Waals surface area contributed by atoms with Gasteiger partial charge in [-0.05, 0) is 50.0 Å². The molecule has 2 aromatic rings. The van der Waals surface area contributed by atoms with E-state index >= 15 is 0 Å². The Kier molecular flexibility index (Phi) is 2.81. The third-order valence-electron chi connectivity index (χ3n) is 3.44. The summed E-state index contributed by atoms with van der Waals surface area (Å²) >= 11 is 6.05. The first-order valence-corrected chi connectivity index (χ1v) is 6.45. The molecule has 1 aliphatic heterocycles. The van der Waals surface area contributed by atoms with Crippen molar-refractivity contribution in [2.75, 3.05) is 13.1 Å². The van der Waals surface area contributed by atoms with E-state index in [-0.39, 0.29) is 0 Å². The van der Waals surface area contributed by atoms with Crippen molar-refractivity contribution in [2.24, 2.45) is 5.92 Å². The second kappa shape index (κ2) is 4.31. The number of nitrogens with one attached hydrogen (secondary N) is 2. The van der Waals surface area contributed by atoms with Crippen LogP contribution in [0.2, 0.25) is 5.02 Å². The second-order valence-corrected chi connectivity index (χ2v) is 5.30. The van der Waals surface area contributed by atoms with E-state index in [4.69, 9.17) is 11.6 Å². The van der Waals surface area contributed by atoms with Gasteiger partial charge in [0.05, 0.1) is 11.0 Å². The Morgan fingerprint density at radius 3 is 3.12 bits per heavy atom. The summed E-state index contributed by atoms with van der Waals surface area (Å²) in [5, 5.41) is 4.16. The number of hydrogen-bond acceptors (Lipinski definition) is 2. The zero-order chi connectivity index (χ0) is 11.8. The third-order valence-corrected chi connectivity index (χ3v) is 3.65. The number of rotatable bonds is 2. The largest absolute Gasteiger partial charge is 0.342 e. The predicted molar refractivity (Wildman–Crippen MR) is 70.5 cm³/mol. The maximum absolute atomic E-state index is 6.05. The lowest BCUT2D eigenvalue weighted by atomic mass is 10.1. The van der Waals surface area contributed by atoms with Gasteiger partial charge in [-0.1, -0.05) is 11.6 Å². The van der Waals surface area contributed by atoms with Crippen LogP contribution >= 0.6 is 11.6 Å². The fourth-order valence-electron chi connectivity index (χ4n) is 2.56. The smallest absolute Gasteiger partial charge is 0.107 e. The molecule has 0 aliphatic carbocycles. The summed E-state index contributed by atoms with van der Waals surface area (Å²) in [5.41, 5.74) is 3.24. The minimum absolute atomic E-state index is 0.714. The molecule has 0 saturated carbocycles. The normalized spacial score (nSPS) is 20.2. The summed E-state index contributed by atoms with van der Waals surface area (Å²) in [6.07, 6.45) is 2.27. The van der Waals surface area contributed by atoms with E-state index in [1.807, 2.05) is 12.1 Å². The van der Waals surface area contributed by atoms with Gasteiger partial charge in [0.1, 0.15) is 5.82 Å². The van der Waals surface area contributed by atoms with Crippen LogP contribution in [0.4, 0.5) is 0 Å². The van der Waals surface area contributed by atoms with Gasteiger partial charge in [-0.25, -0.2) is 4.98 Å². The molecule has 0 radical (unpaired) electrons. The van der Waals surface area contributed by atoms with Crippen molar-refractivity contribution in [2.45, 2.75) is 19.8 Å². The highest BCUT2D eigenvalue weighted by molar-refractivity contribution is 6.31. The van der Waals surface area contributed by atoms with Crippen LogP contribution in [0.3, 0.4) is 0 Å². The van der Waals surface area contributed by atoms with E-state index in [0.29, 0.717) is 5.92 Å². The molecule has 1 unspecified atom stereocenters. The summed E-state index contributed by atoms with van der Waals surface area (Å²) in [7, 11) is 0. The van der Waals surface area contributed by atoms with E-state index in [0.717, 1.165) is 47.0 Å². The lowest BCUT2D eigenvalue weighted by molar-refractivity contribution is 0.565. The number of nitrogens with zero attached hydrogens (tertiary/aromatic N) is 1. The standard InChI is InChI=1S/C13H16ClN3/c1-8-4-10(14)6-11-13(8)17-12(16-11)5-9-2-3-15-7-9/h4,6,9,15H,2-3,5,7H2,1H3,(H,16,17). The van der Waals surface area contributed by atoms with Gasteiger partial charge in [-0.3, -0.25) is 0 Å². The Balaban J connectivity index is 1.93. The Hall–Kier alpha value is -1.06. The van der Waals surface area contributed by atoms with Crippen molar-refractivity contribution in [3.63, 3.8) is 0 Å². The van der Waals surface area contributed by atoms with E-state index in [9.17, 15) is 0 Å². The fourth-order valence-corrected chi connectivity index (χ4v) is 2.83. The van der Waals surface area contributed by atoms with Crippen LogP contribution in [0.15, 0.2) is 12.1 Å². The molecule has 1 saturated heterocycles. The molecule has 2 N–H and O–H groups in total. The van der Waals surface area contributed by atoms with Gasteiger partial charge in [0.25, 0.3) is 0 Å². The molecular weight excluding hydrogens is 234 g/mol. The van der Waals surface area contributed by atoms with Gasteiger partial charge in [0, 0.05) is 11.4 Å². The fraction of sp³-hybridized carbons (Fsp3) is 0.462. The lowest BCUT2D eigenvalue weighted by Gasteiger charge is -2.03. The molecule has 1 fully saturated rings. The topological polar surface area (TPSA) is 40.7 Å². The Labute approximate surface area is 106 Å². The first-order valence-electron chi connectivity index (χ1n) is 6.08. The molecule has 0 amide bonds. The quantitative estimate of drug-likeness (QED) is 0.859. The van der Waals surface area contributed by atoms with Crippen molar-refractivity contribution >= 4 is 22.6 Å². The molecule has 17 heavy (non-hydrogen) atoms. The summed E-state index contributed by atoms with van der Waals surface area (Å²) in [6, 6.07) is 3.92. The number of hydrogen-bond donors (Lipinski definition) is 2. The first kappa shape index (κ1) is 11.1. The molecule has 1 aromatic carbocycles. The van der Waals surface area contributed by atoms with Crippen LogP contribution in [0, 0.1) is 12.8 Å². The number of aromatic nitrogens is 2. The van der Waals surface area contributed by atoms with Crippen LogP contribution in [-0.4, -0.2) is 23.1 Å². The maximum atomic E-state index is 6.05. The number of aromatic amines is 1. The molecule has 3 rings (SSSR count). The summed E-state index contributed by atoms with van der Waals surface area (Å²) in [4.78, 5) is 8.06. The number of halogens is 1. The van der Waals surface area contributed by atoms with Gasteiger partial charge in [-0.2, -0.15) is 0 Å². The van der Waals surface area contributed by atoms with Crippen LogP contribution in [-0.2, 0) is 6.42 Å². The highest BCUT2D eigenvalue weighted by Crippen LogP contribution is 2.23. The molecule has 1 atom stereocenters. The SMILES string of the molecule is Cc1cc(Cl)cc2[nH]c(CC3CCNC3)nc12. The Bertz CT molecular complexity index is 541. The van der Waals surface area contributed by atoms with Crippen LogP contribution < -0.4 is 5.32 Å². The molecule has 1 aromatic heterocycles. The van der Waals surface area contributed by atoms with Crippen molar-refractivity contribution in [3.8, 4) is 0 Å². The first-order chi connectivity index (χ1) is 8.22. The molecule has 1 aliphatic rings. The number of fused-ring (bicyclic) bond motifs is 1. The zero-order valence-electron chi connectivity index (χ0n) is 9.89. The lowest BCUT2D eigenvalue weighted by Crippen LogP contribution is -2.11. The highest BCUT2D eigenvalue weighted by Gasteiger charge is 2.17. The number of benzene rings is 1. The molecule has 3 nitrogen and oxygen atoms in total. The average Bonchev–Trinajstić information content (AvgIpc) is 2.87. The third kappa shape index (κ3) is 2.17. The minimum Gasteiger partial charge on any atom is -0.342 e. The summed E-state index contributed by atoms with van der Waals surface area (Å²) in [5.74, 6) is 1.80. The van der Waals surface area contributed by atoms with Crippen molar-refractivity contribution in [1.29, 1.82) is 0 Å². The highest BCUT2D eigenvalue weighted by atomic mass is 35.5. The molecule has 4 heteroatoms. The van der Waals surface area contributed by atoms with Gasteiger partial charge in [-0.15, -0.1) is 0 Å². The summed E-state index contributed by atoms with van der Waals surface area (Å²) < 4.78 is 0. The number of H-pyrrole nitrogens is 1. The number of imidazole rings is 1. The molecular formula is C13H16ClN3. The summed E-state index contributed by atoms with van der Waals surface area (Å²) in [6.45, 7) is 4.29. The number of aryl methyl sites for hydroxylation is 1. The predicted octanol–water partition coefficient (Wildman–Crippen LogP) is 2.68. The average molecular weight is 250 g/mol. The maximum Gasteiger partial charge on any atom is 0.107 e. The zero-order valence-corrected chi connectivity index (χ0v) is 10.6. The van der Waals surface area contributed by atoms with Crippen molar-refractivity contribution in [1.82, 2.24) is 15.3 Å². The molecule has 2 heterocycles. The van der Waals surface area contributed by atoms with Gasteiger partial charge >= 0.3 is 0 Å². The van der Waals surface area contributed by atoms with Crippen molar-refractivity contribution in [3.05, 3.63) is 28.5 Å². The van der Waals surface area contributed by atoms with Gasteiger partial charge in [0.15, 0.2) is 0 Å². The van der Waals surface area contributed by atoms with E-state index in [1.165, 1.54) is 6.42 Å². The van der Waals surface area contributed by atoms with Gasteiger partial charge < -0.3 is 10.3 Å². The second-order valence-electron chi connectivity index (χ2n) is 4.87. The Morgan fingerprint density at radius 1 is 1.47 bits per heavy atom. The minimum atomic E-state index is 0.714. The van der Waals surface area contributed by atoms with Gasteiger partial charge in [0.2, 0.25) is 0 Å². The Morgan fingerprint density at radius 2 is 2.35 bits per heavy atom. The molecule has 90 valence electrons. The van der Waals surface area contributed by atoms with E-state index < -0.39 is 0 Å². The van der Waals surface area contributed by atoms with Crippen LogP contribution in [0.5, 0.6) is 0 Å². The monoisotopic (exact) mass is 249 g/mol. The van der Waals surface area contributed by atoms with Crippen molar-refractivity contribution < 1.29 is 0 Å². The van der Waals surface area contributed by atoms with E-state index in [1.54, 1.807) is 0 Å². The van der Waals surface area contributed by atoms with Crippen LogP contribution in [0.25, 0.3) is 11.0 Å². The van der Waals surface area contributed by atoms with E-state index in [2.05, 4.69) is 22.2 Å². The van der Waals surface area contributed by atoms with Crippen LogP contribution in [0.1, 0.15) is 17.8 Å².